The van der Waals surface area contributed by atoms with Crippen LogP contribution in [0.25, 0.3) is 186 Å². The lowest BCUT2D eigenvalue weighted by atomic mass is 9.75. The van der Waals surface area contributed by atoms with Crippen LogP contribution in [0, 0.1) is 0 Å². The Balaban J connectivity index is 0.000000122. The lowest BCUT2D eigenvalue weighted by Gasteiger charge is -2.32. The van der Waals surface area contributed by atoms with E-state index in [1.807, 2.05) is 36.5 Å². The van der Waals surface area contributed by atoms with Crippen LogP contribution in [0.3, 0.4) is 0 Å². The first kappa shape index (κ1) is 64.5. The van der Waals surface area contributed by atoms with Gasteiger partial charge in [0.1, 0.15) is 4.60 Å². The fourth-order valence-electron chi connectivity index (χ4n) is 16.0. The van der Waals surface area contributed by atoms with E-state index in [-0.39, 0.29) is 11.2 Å². The normalized spacial score (nSPS) is 13.4. The summed E-state index contributed by atoms with van der Waals surface area (Å²) >= 11 is 3.38. The summed E-state index contributed by atoms with van der Waals surface area (Å²) in [6, 6.07) is 118. The zero-order valence-corrected chi connectivity index (χ0v) is 60.5. The summed E-state index contributed by atoms with van der Waals surface area (Å²) in [6.07, 6.45) is 3.64. The van der Waals surface area contributed by atoms with Gasteiger partial charge >= 0.3 is 7.12 Å². The van der Waals surface area contributed by atoms with E-state index in [2.05, 4.69) is 356 Å². The molecule has 1 saturated heterocycles. The number of hydrogen-bond acceptors (Lipinski definition) is 6. The van der Waals surface area contributed by atoms with Gasteiger partial charge in [-0.3, -0.25) is 9.97 Å². The van der Waals surface area contributed by atoms with Gasteiger partial charge in [-0.2, -0.15) is 0 Å². The van der Waals surface area contributed by atoms with Gasteiger partial charge in [-0.1, -0.05) is 279 Å². The second-order valence-corrected chi connectivity index (χ2v) is 29.5. The van der Waals surface area contributed by atoms with Crippen LogP contribution in [0.1, 0.15) is 27.7 Å². The quantitative estimate of drug-likeness (QED) is 0.0939. The highest BCUT2D eigenvalue weighted by Crippen LogP contribution is 2.44. The lowest BCUT2D eigenvalue weighted by molar-refractivity contribution is 0.00578. The highest BCUT2D eigenvalue weighted by molar-refractivity contribution is 9.10. The highest BCUT2D eigenvalue weighted by Gasteiger charge is 2.52. The predicted molar refractivity (Wildman–Crippen MR) is 451 cm³/mol. The predicted octanol–water partition coefficient (Wildman–Crippen LogP) is 25.9. The number of hydrogen-bond donors (Lipinski definition) is 0. The Kier molecular flexibility index (Phi) is 15.9. The van der Waals surface area contributed by atoms with E-state index < -0.39 is 7.12 Å². The number of aromatic nitrogens is 4. The van der Waals surface area contributed by atoms with Crippen LogP contribution in [-0.2, 0) is 9.31 Å². The molecule has 6 nitrogen and oxygen atoms in total. The molecule has 5 heterocycles. The first-order valence-corrected chi connectivity index (χ1v) is 37.0. The summed E-state index contributed by atoms with van der Waals surface area (Å²) in [6.45, 7) is 8.42. The van der Waals surface area contributed by atoms with Crippen LogP contribution in [0.15, 0.2) is 345 Å². The van der Waals surface area contributed by atoms with Crippen molar-refractivity contribution in [2.45, 2.75) is 38.9 Å². The van der Waals surface area contributed by atoms with Crippen molar-refractivity contribution in [1.82, 2.24) is 19.9 Å². The molecule has 4 aromatic heterocycles. The van der Waals surface area contributed by atoms with Gasteiger partial charge < -0.3 is 9.31 Å². The van der Waals surface area contributed by atoms with Crippen LogP contribution < -0.4 is 5.46 Å². The van der Waals surface area contributed by atoms with E-state index in [9.17, 15) is 0 Å². The fourth-order valence-corrected chi connectivity index (χ4v) is 16.3. The van der Waals surface area contributed by atoms with Crippen molar-refractivity contribution in [3.8, 4) is 55.8 Å². The zero-order chi connectivity index (χ0) is 71.2. The maximum Gasteiger partial charge on any atom is 0.495 e. The molecule has 1 fully saturated rings. The van der Waals surface area contributed by atoms with E-state index in [4.69, 9.17) is 14.3 Å². The van der Waals surface area contributed by atoms with E-state index in [0.29, 0.717) is 0 Å². The summed E-state index contributed by atoms with van der Waals surface area (Å²) in [5, 5.41) is 24.7. The largest absolute Gasteiger partial charge is 0.495 e. The Labute approximate surface area is 622 Å². The van der Waals surface area contributed by atoms with Crippen LogP contribution in [0.4, 0.5) is 0 Å². The number of nitrogens with zero attached hydrogens (tertiary/aromatic N) is 4. The molecule has 0 amide bonds. The van der Waals surface area contributed by atoms with Crippen molar-refractivity contribution in [2.24, 2.45) is 0 Å². The molecule has 0 unspecified atom stereocenters. The van der Waals surface area contributed by atoms with Gasteiger partial charge in [-0.05, 0) is 228 Å². The van der Waals surface area contributed by atoms with Gasteiger partial charge in [-0.25, -0.2) is 9.97 Å². The maximum absolute atomic E-state index is 6.45. The summed E-state index contributed by atoms with van der Waals surface area (Å²) in [5.74, 6) is 0. The summed E-state index contributed by atoms with van der Waals surface area (Å²) < 4.78 is 13.7. The first-order chi connectivity index (χ1) is 51.9. The summed E-state index contributed by atoms with van der Waals surface area (Å²) in [7, 11) is -0.404. The minimum absolute atomic E-state index is 0.386. The third-order valence-corrected chi connectivity index (χ3v) is 22.4. The molecule has 1 aliphatic heterocycles. The molecule has 16 aromatic carbocycles. The first-order valence-electron chi connectivity index (χ1n) is 36.2. The molecule has 0 spiro atoms. The smallest absolute Gasteiger partial charge is 0.399 e. The highest BCUT2D eigenvalue weighted by atomic mass is 79.9. The van der Waals surface area contributed by atoms with Crippen molar-refractivity contribution in [1.29, 1.82) is 0 Å². The van der Waals surface area contributed by atoms with E-state index in [0.717, 1.165) is 70.3 Å². The van der Waals surface area contributed by atoms with Crippen molar-refractivity contribution < 1.29 is 9.31 Å². The van der Waals surface area contributed by atoms with Gasteiger partial charge in [0.05, 0.1) is 39.0 Å². The van der Waals surface area contributed by atoms with Gasteiger partial charge in [0, 0.05) is 39.5 Å². The zero-order valence-electron chi connectivity index (χ0n) is 58.9. The average Bonchev–Trinajstić information content (AvgIpc) is 1.33. The Morgan fingerprint density at radius 1 is 0.255 bits per heavy atom. The Morgan fingerprint density at radius 3 is 1.07 bits per heavy atom. The molecule has 106 heavy (non-hydrogen) atoms. The minimum Gasteiger partial charge on any atom is -0.399 e. The fraction of sp³-hybridized carbons (Fsp3) is 0.0612. The van der Waals surface area contributed by atoms with Gasteiger partial charge in [0.25, 0.3) is 0 Å². The number of pyridine rings is 4. The summed E-state index contributed by atoms with van der Waals surface area (Å²) in [4.78, 5) is 18.7. The molecule has 0 atom stereocenters. The molecule has 0 N–H and O–H groups in total. The Bertz CT molecular complexity index is 6890. The van der Waals surface area contributed by atoms with Crippen LogP contribution >= 0.6 is 15.9 Å². The van der Waals surface area contributed by atoms with Crippen LogP contribution in [0.2, 0.25) is 0 Å². The molecular weight excluding hydrogens is 1360 g/mol. The minimum atomic E-state index is -0.404. The van der Waals surface area contributed by atoms with Crippen LogP contribution in [-0.4, -0.2) is 38.3 Å². The number of fused-ring (bicyclic) bond motifs is 20. The van der Waals surface area contributed by atoms with Gasteiger partial charge in [-0.15, -0.1) is 0 Å². The Morgan fingerprint density at radius 2 is 0.594 bits per heavy atom. The number of benzene rings is 16. The molecule has 8 heteroatoms. The third kappa shape index (κ3) is 11.3. The monoisotopic (exact) mass is 1420 g/mol. The standard InChI is InChI=1S/C46H28N2.C40H33BO2.C12H7BrN2/c1-5-16-39-35(12-1)34(23-24-42(39)44-25-21-30-19-18-29-11-8-26-47-45(29)46(30)48-44)33-10-7-9-31(27-33)32-20-22-41-38-15-3-2-13-36(38)37-14-4-6-17-40(37)43(41)28-32;1-39(2)40(3,4)43-41(42-39)38-23-22-29(30-14-9-10-19-36(30)38)28-13-11-12-26(24-28)27-20-21-35-33-17-6-5-15-31(33)32-16-7-8-18-34(32)37(35)25-27;13-10-6-5-9-4-3-8-2-1-7-14-11(8)12(9)15-10/h1-28H;5-25H,1-4H3;1-7H. The molecule has 1 aliphatic rings. The molecule has 502 valence electrons. The third-order valence-electron chi connectivity index (χ3n) is 22.0. The van der Waals surface area contributed by atoms with Crippen molar-refractivity contribution in [3.05, 3.63) is 345 Å². The molecule has 0 aliphatic carbocycles. The van der Waals surface area contributed by atoms with Gasteiger partial charge in [0.2, 0.25) is 0 Å². The SMILES string of the molecule is Brc1ccc2ccc3cccnc3c2n1.CC1(C)OB(c2ccc(-c3cccc(-c4ccc5c6ccccc6c6ccccc6c5c4)c3)c3ccccc23)OC1(C)C.c1cc(-c2ccc3c4ccccc4c4ccccc4c3c2)cc(-c2ccc(-c3ccc4ccc5cccnc5c4n3)c3ccccc23)c1. The van der Waals surface area contributed by atoms with Crippen molar-refractivity contribution in [2.75, 3.05) is 0 Å². The maximum atomic E-state index is 6.45. The Hall–Kier alpha value is -12.3. The van der Waals surface area contributed by atoms with E-state index in [1.165, 1.54) is 125 Å². The second-order valence-electron chi connectivity index (χ2n) is 28.7. The van der Waals surface area contributed by atoms with Gasteiger partial charge in [0.15, 0.2) is 0 Å². The average molecular weight is 1420 g/mol. The molecule has 21 rings (SSSR count). The summed E-state index contributed by atoms with van der Waals surface area (Å²) in [5.41, 5.74) is 15.8. The second kappa shape index (κ2) is 26.1. The van der Waals surface area contributed by atoms with Crippen LogP contribution in [0.5, 0.6) is 0 Å². The van der Waals surface area contributed by atoms with Crippen molar-refractivity contribution in [3.63, 3.8) is 0 Å². The molecule has 0 bridgehead atoms. The van der Waals surface area contributed by atoms with E-state index in [1.54, 1.807) is 6.20 Å². The molecule has 0 radical (unpaired) electrons. The number of rotatable bonds is 6. The lowest BCUT2D eigenvalue weighted by Crippen LogP contribution is -2.41. The number of halogens is 1. The van der Waals surface area contributed by atoms with Crippen molar-refractivity contribution >= 4 is 158 Å². The van der Waals surface area contributed by atoms with E-state index >= 15 is 0 Å². The molecule has 0 saturated carbocycles. The topological polar surface area (TPSA) is 70.0 Å². The molecule has 20 aromatic rings. The molecular formula is C98H68BBrN4O2.